The highest BCUT2D eigenvalue weighted by Crippen LogP contribution is 2.42. The van der Waals surface area contributed by atoms with Crippen molar-refractivity contribution in [1.29, 1.82) is 0 Å². The van der Waals surface area contributed by atoms with Crippen LogP contribution in [0.15, 0.2) is 56.3 Å². The van der Waals surface area contributed by atoms with Gasteiger partial charge in [0.15, 0.2) is 5.84 Å². The molecule has 1 amide bonds. The Hall–Kier alpha value is -2.70. The summed E-state index contributed by atoms with van der Waals surface area (Å²) >= 11 is 1.11. The number of carbonyl (C=O) groups excluding carboxylic acids is 1. The lowest BCUT2D eigenvalue weighted by molar-refractivity contribution is -0.132. The summed E-state index contributed by atoms with van der Waals surface area (Å²) in [6, 6.07) is 9.41. The number of aliphatic hydroxyl groups excluding tert-OH is 1. The predicted molar refractivity (Wildman–Crippen MR) is 143 cm³/mol. The lowest BCUT2D eigenvalue weighted by atomic mass is 9.84. The number of aliphatic hydroxyl groups is 1. The van der Waals surface area contributed by atoms with Gasteiger partial charge in [-0.3, -0.25) is 4.79 Å². The van der Waals surface area contributed by atoms with Crippen molar-refractivity contribution < 1.29 is 26.7 Å². The molecule has 1 fully saturated rings. The lowest BCUT2D eigenvalue weighted by Crippen LogP contribution is -2.51. The second kappa shape index (κ2) is 9.88. The SMILES string of the molecule is CS(=O)(=O)CCc1csc2c1S(=O)(=O)N=C(C1=C(O)C3CCCCCC3N(Cc3ccccc3)C1=O)N2. The van der Waals surface area contributed by atoms with E-state index in [0.717, 1.165) is 48.8 Å². The molecule has 3 aliphatic rings. The van der Waals surface area contributed by atoms with E-state index in [0.29, 0.717) is 18.5 Å². The van der Waals surface area contributed by atoms with E-state index in [9.17, 15) is 26.7 Å². The summed E-state index contributed by atoms with van der Waals surface area (Å²) in [6.45, 7) is 0.345. The zero-order valence-corrected chi connectivity index (χ0v) is 22.8. The van der Waals surface area contributed by atoms with Crippen LogP contribution in [0.4, 0.5) is 5.00 Å². The number of anilines is 1. The van der Waals surface area contributed by atoms with Crippen LogP contribution in [-0.4, -0.2) is 56.6 Å². The van der Waals surface area contributed by atoms with E-state index in [1.54, 1.807) is 10.3 Å². The molecule has 2 N–H and O–H groups in total. The van der Waals surface area contributed by atoms with Crippen LogP contribution in [0.25, 0.3) is 0 Å². The fraction of sp³-hybridized carbons (Fsp3) is 0.440. The van der Waals surface area contributed by atoms with Crippen LogP contribution in [0.1, 0.15) is 43.2 Å². The maximum absolute atomic E-state index is 13.9. The smallest absolute Gasteiger partial charge is 0.287 e. The van der Waals surface area contributed by atoms with Gasteiger partial charge in [-0.25, -0.2) is 8.42 Å². The Kier molecular flexibility index (Phi) is 6.92. The van der Waals surface area contributed by atoms with E-state index in [1.807, 2.05) is 30.3 Å². The Morgan fingerprint density at radius 2 is 1.89 bits per heavy atom. The molecule has 9 nitrogen and oxygen atoms in total. The number of sulfonamides is 1. The number of hydrogen-bond acceptors (Lipinski definition) is 8. The van der Waals surface area contributed by atoms with E-state index < -0.39 is 25.8 Å². The van der Waals surface area contributed by atoms with Gasteiger partial charge in [0.2, 0.25) is 0 Å². The molecule has 0 bridgehead atoms. The molecule has 2 aromatic rings. The molecule has 2 unspecified atom stereocenters. The third kappa shape index (κ3) is 5.19. The first-order valence-corrected chi connectivity index (χ1v) is 16.6. The summed E-state index contributed by atoms with van der Waals surface area (Å²) in [4.78, 5) is 15.6. The van der Waals surface area contributed by atoms with Crippen LogP contribution in [0, 0.1) is 5.92 Å². The zero-order chi connectivity index (χ0) is 26.4. The molecule has 0 spiro atoms. The van der Waals surface area contributed by atoms with Gasteiger partial charge in [0, 0.05) is 24.8 Å². The lowest BCUT2D eigenvalue weighted by Gasteiger charge is -2.41. The van der Waals surface area contributed by atoms with Crippen molar-refractivity contribution in [2.24, 2.45) is 10.3 Å². The minimum Gasteiger partial charge on any atom is -0.511 e. The molecule has 1 saturated carbocycles. The largest absolute Gasteiger partial charge is 0.511 e. The van der Waals surface area contributed by atoms with Crippen molar-refractivity contribution in [1.82, 2.24) is 4.90 Å². The summed E-state index contributed by atoms with van der Waals surface area (Å²) in [5.41, 5.74) is 1.20. The third-order valence-corrected chi connectivity index (χ3v) is 10.6. The van der Waals surface area contributed by atoms with E-state index in [4.69, 9.17) is 0 Å². The van der Waals surface area contributed by atoms with Crippen molar-refractivity contribution in [3.8, 4) is 0 Å². The Morgan fingerprint density at radius 1 is 1.16 bits per heavy atom. The Bertz CT molecular complexity index is 1490. The standard InChI is InChI=1S/C25H29N3O6S3/c1-36(31,32)13-12-17-15-35-24-22(17)37(33,34)27-23(26-24)20-21(29)18-10-6-3-7-11-19(18)28(25(20)30)14-16-8-4-2-5-9-16/h2,4-5,8-9,15,18-19,29H,3,6-7,10-14H2,1H3,(H,26,27). The normalized spacial score (nSPS) is 23.5. The molecular weight excluding hydrogens is 534 g/mol. The average molecular weight is 564 g/mol. The first kappa shape index (κ1) is 25.9. The maximum Gasteiger partial charge on any atom is 0.287 e. The number of nitrogens with one attached hydrogen (secondary N) is 1. The van der Waals surface area contributed by atoms with Crippen LogP contribution in [0.3, 0.4) is 0 Å². The van der Waals surface area contributed by atoms with E-state index in [2.05, 4.69) is 9.71 Å². The van der Waals surface area contributed by atoms with Crippen LogP contribution in [-0.2, 0) is 37.6 Å². The van der Waals surface area contributed by atoms with Crippen molar-refractivity contribution in [3.05, 3.63) is 58.2 Å². The van der Waals surface area contributed by atoms with Crippen LogP contribution < -0.4 is 5.32 Å². The van der Waals surface area contributed by atoms with Gasteiger partial charge >= 0.3 is 0 Å². The highest BCUT2D eigenvalue weighted by molar-refractivity contribution is 7.91. The Balaban J connectivity index is 1.54. The molecule has 3 heterocycles. The molecule has 5 rings (SSSR count). The number of carbonyl (C=O) groups is 1. The van der Waals surface area contributed by atoms with Crippen LogP contribution in [0.5, 0.6) is 0 Å². The number of benzene rings is 1. The number of fused-ring (bicyclic) bond motifs is 2. The van der Waals surface area contributed by atoms with Gasteiger partial charge in [-0.15, -0.1) is 15.7 Å². The molecule has 12 heteroatoms. The second-order valence-corrected chi connectivity index (χ2v) is 14.5. The van der Waals surface area contributed by atoms with Crippen LogP contribution >= 0.6 is 11.3 Å². The van der Waals surface area contributed by atoms with Crippen molar-refractivity contribution in [2.75, 3.05) is 17.3 Å². The predicted octanol–water partition coefficient (Wildman–Crippen LogP) is 3.65. The quantitative estimate of drug-likeness (QED) is 0.548. The fourth-order valence-corrected chi connectivity index (χ4v) is 8.65. The van der Waals surface area contributed by atoms with Gasteiger partial charge in [-0.1, -0.05) is 49.6 Å². The molecular formula is C25H29N3O6S3. The molecule has 37 heavy (non-hydrogen) atoms. The molecule has 0 saturated heterocycles. The number of thiophene rings is 1. The van der Waals surface area contributed by atoms with Gasteiger partial charge in [0.05, 0.1) is 5.75 Å². The summed E-state index contributed by atoms with van der Waals surface area (Å²) in [7, 11) is -7.52. The van der Waals surface area contributed by atoms with Gasteiger partial charge in [-0.2, -0.15) is 8.42 Å². The minimum absolute atomic E-state index is 0.0396. The van der Waals surface area contributed by atoms with Crippen molar-refractivity contribution in [3.63, 3.8) is 0 Å². The van der Waals surface area contributed by atoms with Crippen LogP contribution in [0.2, 0.25) is 0 Å². The number of rotatable bonds is 6. The van der Waals surface area contributed by atoms with Gasteiger partial charge in [-0.05, 0) is 35.8 Å². The average Bonchev–Trinajstić information content (AvgIpc) is 3.09. The molecule has 2 atom stereocenters. The molecule has 1 aromatic carbocycles. The summed E-state index contributed by atoms with van der Waals surface area (Å²) < 4.78 is 53.7. The summed E-state index contributed by atoms with van der Waals surface area (Å²) in [5.74, 6) is -1.25. The monoisotopic (exact) mass is 563 g/mol. The highest BCUT2D eigenvalue weighted by Gasteiger charge is 2.45. The van der Waals surface area contributed by atoms with Gasteiger partial charge < -0.3 is 15.3 Å². The highest BCUT2D eigenvalue weighted by atomic mass is 32.2. The molecule has 198 valence electrons. The Morgan fingerprint density at radius 3 is 2.62 bits per heavy atom. The Labute approximate surface area is 220 Å². The first-order valence-electron chi connectivity index (χ1n) is 12.2. The van der Waals surface area contributed by atoms with E-state index in [1.165, 1.54) is 0 Å². The fourth-order valence-electron chi connectivity index (χ4n) is 5.39. The van der Waals surface area contributed by atoms with E-state index in [-0.39, 0.29) is 51.2 Å². The summed E-state index contributed by atoms with van der Waals surface area (Å²) in [5, 5.41) is 16.2. The van der Waals surface area contributed by atoms with Crippen molar-refractivity contribution >= 4 is 47.9 Å². The number of amides is 1. The van der Waals surface area contributed by atoms with Crippen molar-refractivity contribution in [2.45, 2.75) is 56.0 Å². The molecule has 2 aliphatic heterocycles. The number of aryl methyl sites for hydroxylation is 1. The topological polar surface area (TPSA) is 133 Å². The number of hydrogen-bond donors (Lipinski definition) is 2. The number of nitrogens with zero attached hydrogens (tertiary/aromatic N) is 2. The minimum atomic E-state index is -4.23. The van der Waals surface area contributed by atoms with Gasteiger partial charge in [0.25, 0.3) is 15.9 Å². The summed E-state index contributed by atoms with van der Waals surface area (Å²) in [6.07, 6.45) is 5.45. The molecule has 0 radical (unpaired) electrons. The maximum atomic E-state index is 13.9. The first-order chi connectivity index (χ1) is 17.5. The zero-order valence-electron chi connectivity index (χ0n) is 20.4. The second-order valence-electron chi connectivity index (χ2n) is 9.83. The molecule has 1 aliphatic carbocycles. The van der Waals surface area contributed by atoms with Gasteiger partial charge in [0.1, 0.15) is 31.1 Å². The number of sulfone groups is 1. The molecule has 1 aromatic heterocycles. The number of amidine groups is 1. The third-order valence-electron chi connectivity index (χ3n) is 7.15. The van der Waals surface area contributed by atoms with E-state index >= 15 is 0 Å².